The Labute approximate surface area is 120 Å². The lowest BCUT2D eigenvalue weighted by Gasteiger charge is -1.98. The summed E-state index contributed by atoms with van der Waals surface area (Å²) in [6.07, 6.45) is 6.42. The van der Waals surface area contributed by atoms with Crippen molar-refractivity contribution in [1.29, 1.82) is 0 Å². The first kappa shape index (κ1) is 13.8. The van der Waals surface area contributed by atoms with Crippen LogP contribution in [0.1, 0.15) is 24.8 Å². The molecule has 1 N–H and O–H groups in total. The van der Waals surface area contributed by atoms with E-state index in [2.05, 4.69) is 33.8 Å². The van der Waals surface area contributed by atoms with E-state index in [-0.39, 0.29) is 0 Å². The maximum Gasteiger partial charge on any atom is 0.183 e. The lowest BCUT2D eigenvalue weighted by molar-refractivity contribution is 0.833. The molecule has 0 bridgehead atoms. The van der Waals surface area contributed by atoms with Crippen LogP contribution in [0.25, 0.3) is 10.6 Å². The zero-order chi connectivity index (χ0) is 12.8. The highest BCUT2D eigenvalue weighted by molar-refractivity contribution is 7.97. The van der Waals surface area contributed by atoms with E-state index in [1.165, 1.54) is 22.7 Å². The second-order valence-corrected chi connectivity index (χ2v) is 6.71. The van der Waals surface area contributed by atoms with Gasteiger partial charge in [-0.1, -0.05) is 13.3 Å². The number of thiazole rings is 2. The van der Waals surface area contributed by atoms with Crippen molar-refractivity contribution in [3.8, 4) is 10.6 Å². The number of aromatic nitrogens is 2. The average Bonchev–Trinajstić information content (AvgIpc) is 2.98. The summed E-state index contributed by atoms with van der Waals surface area (Å²) in [6, 6.07) is 0. The van der Waals surface area contributed by atoms with Gasteiger partial charge in [0, 0.05) is 23.9 Å². The molecule has 2 aromatic rings. The first-order chi connectivity index (χ1) is 8.83. The highest BCUT2D eigenvalue weighted by atomic mass is 32.2. The lowest BCUT2D eigenvalue weighted by atomic mass is 10.3. The third-order valence-corrected chi connectivity index (χ3v) is 4.95. The van der Waals surface area contributed by atoms with Crippen LogP contribution in [0, 0.1) is 0 Å². The smallest absolute Gasteiger partial charge is 0.183 e. The minimum Gasteiger partial charge on any atom is -0.362 e. The van der Waals surface area contributed by atoms with Crippen LogP contribution >= 0.6 is 34.4 Å². The molecule has 0 aliphatic carbocycles. The van der Waals surface area contributed by atoms with Gasteiger partial charge in [0.15, 0.2) is 5.13 Å². The number of thioether (sulfide) groups is 1. The van der Waals surface area contributed by atoms with Crippen molar-refractivity contribution in [1.82, 2.24) is 9.97 Å². The molecule has 18 heavy (non-hydrogen) atoms. The van der Waals surface area contributed by atoms with Gasteiger partial charge in [0.25, 0.3) is 0 Å². The molecular weight excluding hydrogens is 282 g/mol. The van der Waals surface area contributed by atoms with Crippen LogP contribution in [0.5, 0.6) is 0 Å². The van der Waals surface area contributed by atoms with E-state index < -0.39 is 0 Å². The van der Waals surface area contributed by atoms with Crippen molar-refractivity contribution in [3.05, 3.63) is 16.6 Å². The molecule has 0 amide bonds. The van der Waals surface area contributed by atoms with Gasteiger partial charge in [0.2, 0.25) is 0 Å². The van der Waals surface area contributed by atoms with Crippen molar-refractivity contribution in [2.24, 2.45) is 0 Å². The number of nitrogens with zero attached hydrogens (tertiary/aromatic N) is 2. The number of hydrogen-bond acceptors (Lipinski definition) is 6. The van der Waals surface area contributed by atoms with E-state index in [0.29, 0.717) is 0 Å². The minimum absolute atomic E-state index is 0.983. The van der Waals surface area contributed by atoms with Crippen LogP contribution in [0.2, 0.25) is 0 Å². The average molecular weight is 299 g/mol. The molecule has 0 saturated heterocycles. The molecule has 0 radical (unpaired) electrons. The third-order valence-electron chi connectivity index (χ3n) is 2.38. The monoisotopic (exact) mass is 299 g/mol. The number of hydrogen-bond donors (Lipinski definition) is 1. The van der Waals surface area contributed by atoms with E-state index in [9.17, 15) is 0 Å². The molecule has 0 saturated carbocycles. The third kappa shape index (κ3) is 3.70. The predicted molar refractivity (Wildman–Crippen MR) is 83.8 cm³/mol. The molecule has 98 valence electrons. The summed E-state index contributed by atoms with van der Waals surface area (Å²) in [6.45, 7) is 3.20. The van der Waals surface area contributed by atoms with Crippen molar-refractivity contribution >= 4 is 39.6 Å². The number of rotatable bonds is 7. The molecule has 2 aromatic heterocycles. The summed E-state index contributed by atoms with van der Waals surface area (Å²) in [5, 5.41) is 7.64. The molecule has 2 heterocycles. The molecule has 6 heteroatoms. The first-order valence-corrected chi connectivity index (χ1v) is 9.06. The molecule has 0 aliphatic heterocycles. The summed E-state index contributed by atoms with van der Waals surface area (Å²) >= 11 is 5.21. The Kier molecular flexibility index (Phi) is 5.46. The molecule has 0 fully saturated rings. The highest BCUT2D eigenvalue weighted by Crippen LogP contribution is 2.30. The number of unbranched alkanes of at least 4 members (excludes halogenated alkanes) is 1. The highest BCUT2D eigenvalue weighted by Gasteiger charge is 2.08. The topological polar surface area (TPSA) is 37.8 Å². The van der Waals surface area contributed by atoms with Gasteiger partial charge in [-0.15, -0.1) is 22.7 Å². The van der Waals surface area contributed by atoms with Gasteiger partial charge in [-0.2, -0.15) is 11.8 Å². The van der Waals surface area contributed by atoms with Gasteiger partial charge in [0.05, 0.1) is 10.6 Å². The van der Waals surface area contributed by atoms with Gasteiger partial charge >= 0.3 is 0 Å². The summed E-state index contributed by atoms with van der Waals surface area (Å²) in [5.74, 6) is 0.983. The fourth-order valence-corrected chi connectivity index (χ4v) is 3.86. The predicted octanol–water partition coefficient (Wildman–Crippen LogP) is 4.34. The maximum atomic E-state index is 4.60. The number of nitrogens with one attached hydrogen (secondary N) is 1. The quantitative estimate of drug-likeness (QED) is 0.772. The van der Waals surface area contributed by atoms with Gasteiger partial charge < -0.3 is 5.32 Å². The lowest BCUT2D eigenvalue weighted by Crippen LogP contribution is -1.99. The van der Waals surface area contributed by atoms with E-state index in [4.69, 9.17) is 0 Å². The SMILES string of the molecule is CCCCNc1nc(-c2cnc(CSC)s2)cs1. The zero-order valence-electron chi connectivity index (χ0n) is 10.6. The Morgan fingerprint density at radius 3 is 3.11 bits per heavy atom. The standard InChI is InChI=1S/C12H17N3S3/c1-3-4-5-13-12-15-9(7-17-12)10-6-14-11(18-10)8-16-2/h6-7H,3-5,8H2,1-2H3,(H,13,15). The molecule has 0 unspecified atom stereocenters. The minimum atomic E-state index is 0.983. The van der Waals surface area contributed by atoms with Gasteiger partial charge in [-0.3, -0.25) is 0 Å². The first-order valence-electron chi connectivity index (χ1n) is 5.97. The molecule has 2 rings (SSSR count). The van der Waals surface area contributed by atoms with Gasteiger partial charge in [0.1, 0.15) is 5.01 Å². The van der Waals surface area contributed by atoms with E-state index in [1.807, 2.05) is 6.20 Å². The van der Waals surface area contributed by atoms with Crippen molar-refractivity contribution in [3.63, 3.8) is 0 Å². The van der Waals surface area contributed by atoms with Crippen LogP contribution in [-0.4, -0.2) is 22.8 Å². The summed E-state index contributed by atoms with van der Waals surface area (Å²) < 4.78 is 0. The van der Waals surface area contributed by atoms with Crippen LogP contribution in [0.3, 0.4) is 0 Å². The van der Waals surface area contributed by atoms with Crippen LogP contribution in [-0.2, 0) is 5.75 Å². The van der Waals surface area contributed by atoms with E-state index in [1.54, 1.807) is 34.4 Å². The Bertz CT molecular complexity index is 478. The zero-order valence-corrected chi connectivity index (χ0v) is 13.1. The number of anilines is 1. The molecule has 0 aromatic carbocycles. The van der Waals surface area contributed by atoms with Crippen molar-refractivity contribution in [2.75, 3.05) is 18.1 Å². The summed E-state index contributed by atoms with van der Waals surface area (Å²) in [5.41, 5.74) is 1.05. The molecule has 0 atom stereocenters. The summed E-state index contributed by atoms with van der Waals surface area (Å²) in [7, 11) is 0. The Morgan fingerprint density at radius 2 is 2.33 bits per heavy atom. The van der Waals surface area contributed by atoms with E-state index in [0.717, 1.165) is 23.1 Å². The Hall–Kier alpha value is -0.590. The van der Waals surface area contributed by atoms with Crippen LogP contribution < -0.4 is 5.32 Å². The molecule has 3 nitrogen and oxygen atoms in total. The molecule has 0 aliphatic rings. The summed E-state index contributed by atoms with van der Waals surface area (Å²) in [4.78, 5) is 10.2. The van der Waals surface area contributed by atoms with Crippen LogP contribution in [0.15, 0.2) is 11.6 Å². The molecular formula is C12H17N3S3. The second-order valence-electron chi connectivity index (χ2n) is 3.87. The van der Waals surface area contributed by atoms with E-state index >= 15 is 0 Å². The van der Waals surface area contributed by atoms with Gasteiger partial charge in [-0.25, -0.2) is 9.97 Å². The molecule has 0 spiro atoms. The Morgan fingerprint density at radius 1 is 1.44 bits per heavy atom. The van der Waals surface area contributed by atoms with Gasteiger partial charge in [-0.05, 0) is 12.7 Å². The fourth-order valence-electron chi connectivity index (χ4n) is 1.46. The Balaban J connectivity index is 1.99. The largest absolute Gasteiger partial charge is 0.362 e. The van der Waals surface area contributed by atoms with Crippen molar-refractivity contribution in [2.45, 2.75) is 25.5 Å². The fraction of sp³-hybridized carbons (Fsp3) is 0.500. The maximum absolute atomic E-state index is 4.60. The normalized spacial score (nSPS) is 10.8. The van der Waals surface area contributed by atoms with Crippen molar-refractivity contribution < 1.29 is 0 Å². The second kappa shape index (κ2) is 7.11. The van der Waals surface area contributed by atoms with Crippen LogP contribution in [0.4, 0.5) is 5.13 Å².